The maximum Gasteiger partial charge on any atom is 0.131 e. The molecule has 3 heteroatoms. The van der Waals surface area contributed by atoms with E-state index < -0.39 is 0 Å². The first-order chi connectivity index (χ1) is 9.79. The van der Waals surface area contributed by atoms with Gasteiger partial charge in [-0.1, -0.05) is 24.3 Å². The average molecular weight is 265 g/mol. The van der Waals surface area contributed by atoms with Crippen molar-refractivity contribution in [3.05, 3.63) is 42.0 Å². The molecule has 3 aromatic carbocycles. The summed E-state index contributed by atoms with van der Waals surface area (Å²) in [5.74, 6) is 1.13. The lowest BCUT2D eigenvalue weighted by Gasteiger charge is -2.23. The lowest BCUT2D eigenvalue weighted by molar-refractivity contribution is 0.414. The number of aromatic hydroxyl groups is 1. The van der Waals surface area contributed by atoms with Gasteiger partial charge >= 0.3 is 0 Å². The maximum atomic E-state index is 10.6. The van der Waals surface area contributed by atoms with Crippen LogP contribution in [0.25, 0.3) is 21.5 Å². The standard InChI is InChI=1S/C17H15NO2/c1-20-11-8-10-6-7-18-16-12-4-2-3-5-13(12)17(19)14(9-11)15(10)16/h2-5,8-9,18-19H,6-7H2,1H3. The van der Waals surface area contributed by atoms with Gasteiger partial charge in [0.1, 0.15) is 11.5 Å². The van der Waals surface area contributed by atoms with Crippen LogP contribution in [0.3, 0.4) is 0 Å². The van der Waals surface area contributed by atoms with Crippen molar-refractivity contribution in [1.82, 2.24) is 0 Å². The highest BCUT2D eigenvalue weighted by Gasteiger charge is 2.19. The van der Waals surface area contributed by atoms with Gasteiger partial charge in [-0.05, 0) is 24.1 Å². The minimum absolute atomic E-state index is 0.336. The zero-order valence-electron chi connectivity index (χ0n) is 11.2. The molecule has 0 spiro atoms. The number of hydrogen-bond acceptors (Lipinski definition) is 3. The Morgan fingerprint density at radius 3 is 2.70 bits per heavy atom. The van der Waals surface area contributed by atoms with Crippen molar-refractivity contribution >= 4 is 27.2 Å². The number of benzene rings is 3. The number of ether oxygens (including phenoxy) is 1. The predicted molar refractivity (Wildman–Crippen MR) is 81.9 cm³/mol. The van der Waals surface area contributed by atoms with Crippen LogP contribution < -0.4 is 10.1 Å². The molecule has 0 aromatic heterocycles. The molecule has 3 aromatic rings. The summed E-state index contributed by atoms with van der Waals surface area (Å²) in [5, 5.41) is 18.0. The third-order valence-electron chi connectivity index (χ3n) is 4.08. The van der Waals surface area contributed by atoms with E-state index in [1.54, 1.807) is 7.11 Å². The second kappa shape index (κ2) is 4.04. The minimum atomic E-state index is 0.336. The van der Waals surface area contributed by atoms with Gasteiger partial charge in [-0.15, -0.1) is 0 Å². The average Bonchev–Trinajstić information content (AvgIpc) is 2.51. The van der Waals surface area contributed by atoms with Crippen LogP contribution in [0.15, 0.2) is 36.4 Å². The number of fused-ring (bicyclic) bond motifs is 2. The fourth-order valence-corrected chi connectivity index (χ4v) is 3.16. The third-order valence-corrected chi connectivity index (χ3v) is 4.08. The summed E-state index contributed by atoms with van der Waals surface area (Å²) < 4.78 is 5.36. The summed E-state index contributed by atoms with van der Waals surface area (Å²) in [6.45, 7) is 0.907. The molecule has 4 rings (SSSR count). The van der Waals surface area contributed by atoms with Gasteiger partial charge in [0.15, 0.2) is 0 Å². The summed E-state index contributed by atoms with van der Waals surface area (Å²) in [4.78, 5) is 0. The third kappa shape index (κ3) is 1.40. The van der Waals surface area contributed by atoms with Gasteiger partial charge in [0, 0.05) is 28.1 Å². The Morgan fingerprint density at radius 1 is 1.10 bits per heavy atom. The molecular weight excluding hydrogens is 250 g/mol. The van der Waals surface area contributed by atoms with Gasteiger partial charge in [0.25, 0.3) is 0 Å². The number of phenols is 1. The van der Waals surface area contributed by atoms with Crippen molar-refractivity contribution in [2.75, 3.05) is 19.0 Å². The summed E-state index contributed by atoms with van der Waals surface area (Å²) in [6, 6.07) is 11.9. The van der Waals surface area contributed by atoms with E-state index in [0.717, 1.165) is 45.9 Å². The van der Waals surface area contributed by atoms with E-state index in [1.807, 2.05) is 24.3 Å². The van der Waals surface area contributed by atoms with Gasteiger partial charge in [-0.3, -0.25) is 0 Å². The Hall–Kier alpha value is -2.42. The van der Waals surface area contributed by atoms with Crippen molar-refractivity contribution < 1.29 is 9.84 Å². The Kier molecular flexibility index (Phi) is 2.30. The lowest BCUT2D eigenvalue weighted by atomic mass is 9.92. The molecule has 0 amide bonds. The molecule has 2 N–H and O–H groups in total. The smallest absolute Gasteiger partial charge is 0.131 e. The molecule has 0 radical (unpaired) electrons. The van der Waals surface area contributed by atoms with E-state index in [2.05, 4.69) is 17.4 Å². The second-order valence-corrected chi connectivity index (χ2v) is 5.16. The van der Waals surface area contributed by atoms with E-state index in [-0.39, 0.29) is 0 Å². The second-order valence-electron chi connectivity index (χ2n) is 5.16. The highest BCUT2D eigenvalue weighted by atomic mass is 16.5. The number of methoxy groups -OCH3 is 1. The molecular formula is C17H15NO2. The minimum Gasteiger partial charge on any atom is -0.507 e. The molecule has 0 saturated carbocycles. The molecule has 0 saturated heterocycles. The molecule has 3 nitrogen and oxygen atoms in total. The molecule has 0 atom stereocenters. The van der Waals surface area contributed by atoms with Gasteiger partial charge in [-0.25, -0.2) is 0 Å². The Bertz CT molecular complexity index is 839. The summed E-state index contributed by atoms with van der Waals surface area (Å²) in [5.41, 5.74) is 2.35. The number of nitrogens with one attached hydrogen (secondary N) is 1. The molecule has 1 aliphatic heterocycles. The topological polar surface area (TPSA) is 41.5 Å². The normalized spacial score (nSPS) is 13.4. The molecule has 20 heavy (non-hydrogen) atoms. The zero-order chi connectivity index (χ0) is 13.7. The quantitative estimate of drug-likeness (QED) is 0.521. The van der Waals surface area contributed by atoms with Crippen molar-refractivity contribution in [3.8, 4) is 11.5 Å². The van der Waals surface area contributed by atoms with E-state index in [0.29, 0.717) is 5.75 Å². The van der Waals surface area contributed by atoms with Crippen molar-refractivity contribution in [2.24, 2.45) is 0 Å². The van der Waals surface area contributed by atoms with Crippen LogP contribution in [0.5, 0.6) is 11.5 Å². The first kappa shape index (κ1) is 11.4. The van der Waals surface area contributed by atoms with Crippen LogP contribution in [0.1, 0.15) is 5.56 Å². The first-order valence-corrected chi connectivity index (χ1v) is 6.78. The van der Waals surface area contributed by atoms with Gasteiger partial charge in [-0.2, -0.15) is 0 Å². The van der Waals surface area contributed by atoms with Crippen LogP contribution in [0, 0.1) is 0 Å². The predicted octanol–water partition coefficient (Wildman–Crippen LogP) is 3.68. The number of anilines is 1. The fraction of sp³-hybridized carbons (Fsp3) is 0.176. The van der Waals surface area contributed by atoms with E-state index >= 15 is 0 Å². The van der Waals surface area contributed by atoms with E-state index in [9.17, 15) is 5.11 Å². The molecule has 0 fully saturated rings. The summed E-state index contributed by atoms with van der Waals surface area (Å²) in [6.07, 6.45) is 0.943. The highest BCUT2D eigenvalue weighted by Crippen LogP contribution is 2.45. The van der Waals surface area contributed by atoms with Crippen LogP contribution in [0.2, 0.25) is 0 Å². The number of rotatable bonds is 1. The first-order valence-electron chi connectivity index (χ1n) is 6.78. The van der Waals surface area contributed by atoms with E-state index in [1.165, 1.54) is 5.56 Å². The molecule has 100 valence electrons. The fourth-order valence-electron chi connectivity index (χ4n) is 3.16. The Morgan fingerprint density at radius 2 is 1.90 bits per heavy atom. The van der Waals surface area contributed by atoms with E-state index in [4.69, 9.17) is 4.74 Å². The van der Waals surface area contributed by atoms with Gasteiger partial charge in [0.05, 0.1) is 12.8 Å². The van der Waals surface area contributed by atoms with Crippen molar-refractivity contribution in [3.63, 3.8) is 0 Å². The highest BCUT2D eigenvalue weighted by molar-refractivity contribution is 6.17. The van der Waals surface area contributed by atoms with Crippen molar-refractivity contribution in [1.29, 1.82) is 0 Å². The monoisotopic (exact) mass is 265 g/mol. The van der Waals surface area contributed by atoms with Crippen LogP contribution in [0.4, 0.5) is 5.69 Å². The SMILES string of the molecule is COc1cc2c3c(c4ccccc4c(O)c3c1)NCC2. The van der Waals surface area contributed by atoms with Gasteiger partial charge in [0.2, 0.25) is 0 Å². The Labute approximate surface area is 116 Å². The maximum absolute atomic E-state index is 10.6. The number of hydrogen-bond donors (Lipinski definition) is 2. The van der Waals surface area contributed by atoms with Gasteiger partial charge < -0.3 is 15.2 Å². The number of phenolic OH excluding ortho intramolecular Hbond substituents is 1. The lowest BCUT2D eigenvalue weighted by Crippen LogP contribution is -2.12. The summed E-state index contributed by atoms with van der Waals surface area (Å²) in [7, 11) is 1.66. The summed E-state index contributed by atoms with van der Waals surface area (Å²) >= 11 is 0. The molecule has 1 aliphatic rings. The molecule has 0 bridgehead atoms. The molecule has 0 aliphatic carbocycles. The molecule has 0 unspecified atom stereocenters. The van der Waals surface area contributed by atoms with Crippen LogP contribution >= 0.6 is 0 Å². The zero-order valence-corrected chi connectivity index (χ0v) is 11.2. The van der Waals surface area contributed by atoms with Crippen LogP contribution in [-0.4, -0.2) is 18.8 Å². The largest absolute Gasteiger partial charge is 0.507 e. The molecule has 1 heterocycles. The van der Waals surface area contributed by atoms with Crippen molar-refractivity contribution in [2.45, 2.75) is 6.42 Å². The Balaban J connectivity index is 2.27. The van der Waals surface area contributed by atoms with Crippen LogP contribution in [-0.2, 0) is 6.42 Å².